The number of aromatic nitrogens is 2. The third-order valence-electron chi connectivity index (χ3n) is 4.22. The lowest BCUT2D eigenvalue weighted by Crippen LogP contribution is -2.37. The van der Waals surface area contributed by atoms with E-state index < -0.39 is 0 Å². The molecule has 0 aliphatic carbocycles. The van der Waals surface area contributed by atoms with Crippen LogP contribution in [0.5, 0.6) is 0 Å². The van der Waals surface area contributed by atoms with E-state index in [0.29, 0.717) is 28.5 Å². The molecule has 0 aliphatic heterocycles. The van der Waals surface area contributed by atoms with E-state index in [1.54, 1.807) is 23.4 Å². The summed E-state index contributed by atoms with van der Waals surface area (Å²) in [6.07, 6.45) is 3.32. The second kappa shape index (κ2) is 7.81. The van der Waals surface area contributed by atoms with Gasteiger partial charge in [-0.3, -0.25) is 14.7 Å². The minimum atomic E-state index is -0.113. The summed E-state index contributed by atoms with van der Waals surface area (Å²) in [4.78, 5) is 25.8. The van der Waals surface area contributed by atoms with Crippen molar-refractivity contribution in [2.24, 2.45) is 0 Å². The van der Waals surface area contributed by atoms with Gasteiger partial charge >= 0.3 is 0 Å². The van der Waals surface area contributed by atoms with Gasteiger partial charge in [0.1, 0.15) is 5.82 Å². The number of hydrogen-bond acceptors (Lipinski definition) is 4. The highest BCUT2D eigenvalue weighted by Gasteiger charge is 2.21. The number of benzene rings is 1. The maximum atomic E-state index is 13.4. The minimum Gasteiger partial charge on any atom is -0.308 e. The number of anilines is 1. The number of carbonyl (C=O) groups is 1. The van der Waals surface area contributed by atoms with Crippen LogP contribution in [0.25, 0.3) is 10.9 Å². The van der Waals surface area contributed by atoms with Crippen LogP contribution in [0.1, 0.15) is 15.9 Å². The second-order valence-electron chi connectivity index (χ2n) is 6.40. The van der Waals surface area contributed by atoms with Crippen molar-refractivity contribution in [2.75, 3.05) is 32.1 Å². The molecule has 0 saturated carbocycles. The summed E-state index contributed by atoms with van der Waals surface area (Å²) >= 11 is 6.40. The molecule has 134 valence electrons. The molecule has 3 rings (SSSR count). The molecular weight excluding hydrogens is 348 g/mol. The first-order valence-electron chi connectivity index (χ1n) is 8.40. The molecule has 5 nitrogen and oxygen atoms in total. The van der Waals surface area contributed by atoms with Gasteiger partial charge < -0.3 is 4.90 Å². The maximum Gasteiger partial charge on any atom is 0.260 e. The van der Waals surface area contributed by atoms with Crippen molar-refractivity contribution in [2.45, 2.75) is 6.92 Å². The fourth-order valence-electron chi connectivity index (χ4n) is 2.75. The Balaban J connectivity index is 2.07. The summed E-state index contributed by atoms with van der Waals surface area (Å²) in [5.41, 5.74) is 2.15. The first kappa shape index (κ1) is 18.3. The lowest BCUT2D eigenvalue weighted by Gasteiger charge is -2.24. The molecule has 0 unspecified atom stereocenters. The van der Waals surface area contributed by atoms with Crippen LogP contribution >= 0.6 is 11.6 Å². The molecule has 0 radical (unpaired) electrons. The third kappa shape index (κ3) is 3.69. The summed E-state index contributed by atoms with van der Waals surface area (Å²) in [5, 5.41) is 1.33. The van der Waals surface area contributed by atoms with E-state index >= 15 is 0 Å². The number of nitrogens with zero attached hydrogens (tertiary/aromatic N) is 4. The molecule has 1 amide bonds. The number of halogens is 1. The van der Waals surface area contributed by atoms with Gasteiger partial charge in [-0.05, 0) is 44.8 Å². The normalized spacial score (nSPS) is 11.1. The lowest BCUT2D eigenvalue weighted by atomic mass is 10.1. The lowest BCUT2D eigenvalue weighted by molar-refractivity contribution is 0.0986. The largest absolute Gasteiger partial charge is 0.308 e. The van der Waals surface area contributed by atoms with Gasteiger partial charge in [0.05, 0.1) is 16.1 Å². The average Bonchev–Trinajstić information content (AvgIpc) is 2.65. The molecule has 26 heavy (non-hydrogen) atoms. The number of pyridine rings is 2. The van der Waals surface area contributed by atoms with Crippen LogP contribution < -0.4 is 4.90 Å². The van der Waals surface area contributed by atoms with E-state index in [1.807, 2.05) is 56.3 Å². The van der Waals surface area contributed by atoms with Gasteiger partial charge in [0.25, 0.3) is 5.91 Å². The van der Waals surface area contributed by atoms with Crippen LogP contribution in [0, 0.1) is 6.92 Å². The highest BCUT2D eigenvalue weighted by molar-refractivity contribution is 6.36. The van der Waals surface area contributed by atoms with Gasteiger partial charge in [0.15, 0.2) is 0 Å². The van der Waals surface area contributed by atoms with E-state index in [1.165, 1.54) is 0 Å². The number of aryl methyl sites for hydroxylation is 1. The molecule has 0 fully saturated rings. The number of likely N-dealkylation sites (N-methyl/N-ethyl adjacent to an activating group) is 1. The predicted octanol–water partition coefficient (Wildman–Crippen LogP) is 3.80. The second-order valence-corrected chi connectivity index (χ2v) is 6.78. The minimum absolute atomic E-state index is 0.113. The average molecular weight is 369 g/mol. The number of carbonyl (C=O) groups excluding carboxylic acids is 1. The monoisotopic (exact) mass is 368 g/mol. The van der Waals surface area contributed by atoms with Crippen molar-refractivity contribution >= 4 is 34.2 Å². The Bertz CT molecular complexity index is 928. The van der Waals surface area contributed by atoms with Crippen molar-refractivity contribution in [3.05, 3.63) is 64.9 Å². The zero-order valence-electron chi connectivity index (χ0n) is 15.1. The van der Waals surface area contributed by atoms with Gasteiger partial charge in [0.2, 0.25) is 0 Å². The number of fused-ring (bicyclic) bond motifs is 1. The Morgan fingerprint density at radius 3 is 2.54 bits per heavy atom. The Morgan fingerprint density at radius 2 is 1.85 bits per heavy atom. The van der Waals surface area contributed by atoms with Crippen LogP contribution in [-0.4, -0.2) is 48.0 Å². The maximum absolute atomic E-state index is 13.4. The zero-order valence-corrected chi connectivity index (χ0v) is 15.9. The summed E-state index contributed by atoms with van der Waals surface area (Å²) in [5.74, 6) is 0.514. The summed E-state index contributed by atoms with van der Waals surface area (Å²) in [7, 11) is 3.96. The summed E-state index contributed by atoms with van der Waals surface area (Å²) in [6, 6.07) is 11.1. The zero-order chi connectivity index (χ0) is 18.7. The van der Waals surface area contributed by atoms with E-state index in [4.69, 9.17) is 11.6 Å². The SMILES string of the molecule is Cc1ccc2c(C(=O)N(CCN(C)C)c3ccccn3)ccnc2c1Cl. The number of hydrogen-bond donors (Lipinski definition) is 0. The summed E-state index contributed by atoms with van der Waals surface area (Å²) in [6.45, 7) is 3.19. The number of amides is 1. The van der Waals surface area contributed by atoms with Crippen LogP contribution in [0.4, 0.5) is 5.82 Å². The summed E-state index contributed by atoms with van der Waals surface area (Å²) < 4.78 is 0. The van der Waals surface area contributed by atoms with Crippen molar-refractivity contribution in [3.63, 3.8) is 0 Å². The Hall–Kier alpha value is -2.50. The first-order chi connectivity index (χ1) is 12.5. The number of rotatable bonds is 5. The molecule has 2 aromatic heterocycles. The van der Waals surface area contributed by atoms with Gasteiger partial charge in [-0.25, -0.2) is 4.98 Å². The molecule has 3 aromatic rings. The highest BCUT2D eigenvalue weighted by atomic mass is 35.5. The molecule has 6 heteroatoms. The van der Waals surface area contributed by atoms with E-state index in [0.717, 1.165) is 17.5 Å². The molecule has 0 spiro atoms. The molecular formula is C20H21ClN4O. The fourth-order valence-corrected chi connectivity index (χ4v) is 2.96. The fraction of sp³-hybridized carbons (Fsp3) is 0.250. The molecule has 1 aromatic carbocycles. The smallest absolute Gasteiger partial charge is 0.260 e. The molecule has 0 atom stereocenters. The van der Waals surface area contributed by atoms with Crippen molar-refractivity contribution in [1.82, 2.24) is 14.9 Å². The standard InChI is InChI=1S/C20H21ClN4O/c1-14-7-8-15-16(9-11-23-19(15)18(14)21)20(26)25(13-12-24(2)3)17-6-4-5-10-22-17/h4-11H,12-13H2,1-3H3. The van der Waals surface area contributed by atoms with Crippen molar-refractivity contribution in [1.29, 1.82) is 0 Å². The predicted molar refractivity (Wildman–Crippen MR) is 106 cm³/mol. The van der Waals surface area contributed by atoms with E-state index in [2.05, 4.69) is 9.97 Å². The van der Waals surface area contributed by atoms with Crippen LogP contribution in [0.3, 0.4) is 0 Å². The van der Waals surface area contributed by atoms with E-state index in [9.17, 15) is 4.79 Å². The molecule has 0 bridgehead atoms. The Kier molecular flexibility index (Phi) is 5.49. The van der Waals surface area contributed by atoms with Gasteiger partial charge in [-0.1, -0.05) is 29.8 Å². The quantitative estimate of drug-likeness (QED) is 0.687. The van der Waals surface area contributed by atoms with Crippen molar-refractivity contribution < 1.29 is 4.79 Å². The Labute approximate surface area is 158 Å². The molecule has 0 saturated heterocycles. The van der Waals surface area contributed by atoms with Crippen LogP contribution in [-0.2, 0) is 0 Å². The Morgan fingerprint density at radius 1 is 1.04 bits per heavy atom. The molecule has 2 heterocycles. The topological polar surface area (TPSA) is 49.3 Å². The van der Waals surface area contributed by atoms with Gasteiger partial charge in [0, 0.05) is 30.9 Å². The molecule has 0 aliphatic rings. The highest BCUT2D eigenvalue weighted by Crippen LogP contribution is 2.28. The van der Waals surface area contributed by atoms with Crippen LogP contribution in [0.2, 0.25) is 5.02 Å². The van der Waals surface area contributed by atoms with Gasteiger partial charge in [-0.15, -0.1) is 0 Å². The first-order valence-corrected chi connectivity index (χ1v) is 8.78. The van der Waals surface area contributed by atoms with Gasteiger partial charge in [-0.2, -0.15) is 0 Å². The molecule has 0 N–H and O–H groups in total. The third-order valence-corrected chi connectivity index (χ3v) is 4.69. The van der Waals surface area contributed by atoms with E-state index in [-0.39, 0.29) is 5.91 Å². The van der Waals surface area contributed by atoms with Crippen LogP contribution in [0.15, 0.2) is 48.8 Å². The van der Waals surface area contributed by atoms with Crippen molar-refractivity contribution in [3.8, 4) is 0 Å².